The average Bonchev–Trinajstić information content (AvgIpc) is 2.38. The molecule has 4 nitrogen and oxygen atoms in total. The number of esters is 1. The van der Waals surface area contributed by atoms with Crippen LogP contribution >= 0.6 is 11.6 Å². The Labute approximate surface area is 117 Å². The van der Waals surface area contributed by atoms with Crippen molar-refractivity contribution in [1.82, 2.24) is 0 Å². The van der Waals surface area contributed by atoms with Crippen LogP contribution < -0.4 is 0 Å². The summed E-state index contributed by atoms with van der Waals surface area (Å²) in [5.41, 5.74) is 1.20. The molecule has 5 heteroatoms. The number of benzene rings is 1. The largest absolute Gasteiger partial charge is 0.466 e. The summed E-state index contributed by atoms with van der Waals surface area (Å²) in [4.78, 5) is 16.6. The van der Waals surface area contributed by atoms with Gasteiger partial charge in [-0.05, 0) is 19.1 Å². The van der Waals surface area contributed by atoms with E-state index in [1.165, 1.54) is 0 Å². The molecule has 1 aromatic rings. The molecular weight excluding hydrogens is 266 g/mol. The number of oxime groups is 1. The van der Waals surface area contributed by atoms with Gasteiger partial charge in [0.1, 0.15) is 6.61 Å². The van der Waals surface area contributed by atoms with E-state index in [4.69, 9.17) is 21.2 Å². The molecule has 1 aromatic carbocycles. The molecule has 0 aliphatic rings. The van der Waals surface area contributed by atoms with Crippen molar-refractivity contribution in [1.29, 1.82) is 0 Å². The molecule has 0 N–H and O–H groups in total. The summed E-state index contributed by atoms with van der Waals surface area (Å²) < 4.78 is 4.90. The maximum absolute atomic E-state index is 11.5. The minimum absolute atomic E-state index is 0.0331. The predicted molar refractivity (Wildman–Crippen MR) is 75.4 cm³/mol. The second kappa shape index (κ2) is 8.32. The third-order valence-corrected chi connectivity index (χ3v) is 2.38. The van der Waals surface area contributed by atoms with Crippen molar-refractivity contribution in [2.45, 2.75) is 13.3 Å². The summed E-state index contributed by atoms with van der Waals surface area (Å²) in [7, 11) is 0. The fourth-order valence-electron chi connectivity index (χ4n) is 1.37. The highest BCUT2D eigenvalue weighted by molar-refractivity contribution is 6.31. The first-order valence-electron chi connectivity index (χ1n) is 5.88. The molecule has 19 heavy (non-hydrogen) atoms. The normalized spacial score (nSPS) is 10.9. The summed E-state index contributed by atoms with van der Waals surface area (Å²) in [5.74, 6) is -0.358. The second-order valence-electron chi connectivity index (χ2n) is 3.61. The summed E-state index contributed by atoms with van der Waals surface area (Å²) in [6.07, 6.45) is 1.61. The van der Waals surface area contributed by atoms with Gasteiger partial charge < -0.3 is 9.57 Å². The number of nitrogens with zero attached hydrogens (tertiary/aromatic N) is 1. The highest BCUT2D eigenvalue weighted by atomic mass is 35.5. The second-order valence-corrected chi connectivity index (χ2v) is 4.05. The first-order valence-corrected chi connectivity index (χ1v) is 6.26. The van der Waals surface area contributed by atoms with Crippen molar-refractivity contribution in [3.8, 4) is 0 Å². The summed E-state index contributed by atoms with van der Waals surface area (Å²) in [5, 5.41) is 4.50. The number of halogens is 1. The van der Waals surface area contributed by atoms with E-state index in [1.54, 1.807) is 37.3 Å². The lowest BCUT2D eigenvalue weighted by molar-refractivity contribution is -0.141. The number of hydrogen-bond acceptors (Lipinski definition) is 4. The van der Waals surface area contributed by atoms with E-state index < -0.39 is 0 Å². The van der Waals surface area contributed by atoms with Gasteiger partial charge in [-0.15, -0.1) is 0 Å². The molecule has 0 spiro atoms. The Morgan fingerprint density at radius 1 is 1.53 bits per heavy atom. The van der Waals surface area contributed by atoms with Gasteiger partial charge in [-0.1, -0.05) is 41.5 Å². The molecule has 0 heterocycles. The van der Waals surface area contributed by atoms with Crippen molar-refractivity contribution >= 4 is 23.3 Å². The van der Waals surface area contributed by atoms with Crippen molar-refractivity contribution in [3.63, 3.8) is 0 Å². The van der Waals surface area contributed by atoms with Gasteiger partial charge in [-0.3, -0.25) is 4.79 Å². The van der Waals surface area contributed by atoms with Crippen molar-refractivity contribution < 1.29 is 14.4 Å². The molecule has 0 bridgehead atoms. The van der Waals surface area contributed by atoms with Gasteiger partial charge in [-0.2, -0.15) is 0 Å². The predicted octanol–water partition coefficient (Wildman–Crippen LogP) is 3.20. The van der Waals surface area contributed by atoms with Crippen molar-refractivity contribution in [2.75, 3.05) is 13.2 Å². The first-order chi connectivity index (χ1) is 9.17. The van der Waals surface area contributed by atoms with Crippen LogP contribution in [0.1, 0.15) is 18.9 Å². The molecule has 0 saturated carbocycles. The number of ether oxygens (including phenoxy) is 1. The number of hydrogen-bond donors (Lipinski definition) is 0. The Morgan fingerprint density at radius 3 is 2.95 bits per heavy atom. The molecule has 0 saturated heterocycles. The summed E-state index contributed by atoms with van der Waals surface area (Å²) in [6, 6.07) is 7.06. The monoisotopic (exact) mass is 281 g/mol. The quantitative estimate of drug-likeness (QED) is 0.253. The van der Waals surface area contributed by atoms with Crippen LogP contribution in [0.4, 0.5) is 0 Å². The zero-order chi connectivity index (χ0) is 14.1. The maximum atomic E-state index is 11.5. The Hall–Kier alpha value is -1.81. The van der Waals surface area contributed by atoms with Crippen LogP contribution in [0.15, 0.2) is 42.1 Å². The topological polar surface area (TPSA) is 47.9 Å². The van der Waals surface area contributed by atoms with E-state index in [9.17, 15) is 4.79 Å². The zero-order valence-corrected chi connectivity index (χ0v) is 11.5. The van der Waals surface area contributed by atoms with Gasteiger partial charge in [-0.25, -0.2) is 0 Å². The van der Waals surface area contributed by atoms with Crippen LogP contribution in [0.25, 0.3) is 0 Å². The number of carbonyl (C=O) groups excluding carboxylic acids is 1. The van der Waals surface area contributed by atoms with Crippen LogP contribution in [0.3, 0.4) is 0 Å². The van der Waals surface area contributed by atoms with E-state index in [-0.39, 0.29) is 19.0 Å². The molecule has 0 fully saturated rings. The lowest BCUT2D eigenvalue weighted by Crippen LogP contribution is -2.13. The molecule has 0 amide bonds. The molecule has 0 atom stereocenters. The molecule has 0 radical (unpaired) electrons. The van der Waals surface area contributed by atoms with Crippen LogP contribution in [0.5, 0.6) is 0 Å². The van der Waals surface area contributed by atoms with Crippen LogP contribution in [-0.2, 0) is 14.4 Å². The Kier molecular flexibility index (Phi) is 6.68. The van der Waals surface area contributed by atoms with Gasteiger partial charge in [0.25, 0.3) is 0 Å². The maximum Gasteiger partial charge on any atom is 0.312 e. The average molecular weight is 282 g/mol. The molecule has 0 aliphatic carbocycles. The van der Waals surface area contributed by atoms with Crippen LogP contribution in [-0.4, -0.2) is 24.9 Å². The fraction of sp³-hybridized carbons (Fsp3) is 0.286. The van der Waals surface area contributed by atoms with E-state index in [0.29, 0.717) is 17.3 Å². The van der Waals surface area contributed by atoms with Crippen molar-refractivity contribution in [3.05, 3.63) is 47.5 Å². The van der Waals surface area contributed by atoms with E-state index in [2.05, 4.69) is 11.7 Å². The Morgan fingerprint density at radius 2 is 2.32 bits per heavy atom. The molecule has 0 aliphatic heterocycles. The molecule has 0 unspecified atom stereocenters. The SMILES string of the molecule is C=CCO/N=C(\CC(=O)OCC)c1cccc(Cl)c1. The van der Waals surface area contributed by atoms with E-state index >= 15 is 0 Å². The highest BCUT2D eigenvalue weighted by Gasteiger charge is 2.12. The molecule has 102 valence electrons. The first kappa shape index (κ1) is 15.2. The minimum atomic E-state index is -0.358. The number of rotatable bonds is 7. The zero-order valence-electron chi connectivity index (χ0n) is 10.8. The highest BCUT2D eigenvalue weighted by Crippen LogP contribution is 2.13. The van der Waals surface area contributed by atoms with Gasteiger partial charge >= 0.3 is 5.97 Å². The summed E-state index contributed by atoms with van der Waals surface area (Å²) >= 11 is 5.92. The van der Waals surface area contributed by atoms with Gasteiger partial charge in [0.15, 0.2) is 0 Å². The Bertz CT molecular complexity index is 472. The van der Waals surface area contributed by atoms with E-state index in [1.807, 2.05) is 0 Å². The van der Waals surface area contributed by atoms with Gasteiger partial charge in [0.05, 0.1) is 18.7 Å². The molecular formula is C14H16ClNO3. The third-order valence-electron chi connectivity index (χ3n) is 2.14. The third kappa shape index (κ3) is 5.57. The fourth-order valence-corrected chi connectivity index (χ4v) is 1.56. The minimum Gasteiger partial charge on any atom is -0.466 e. The van der Waals surface area contributed by atoms with Gasteiger partial charge in [0.2, 0.25) is 0 Å². The van der Waals surface area contributed by atoms with Crippen molar-refractivity contribution in [2.24, 2.45) is 5.16 Å². The van der Waals surface area contributed by atoms with Crippen LogP contribution in [0.2, 0.25) is 5.02 Å². The molecule has 1 rings (SSSR count). The van der Waals surface area contributed by atoms with E-state index in [0.717, 1.165) is 5.56 Å². The lowest BCUT2D eigenvalue weighted by Gasteiger charge is -2.07. The standard InChI is InChI=1S/C14H16ClNO3/c1-3-8-19-16-13(10-14(17)18-4-2)11-6-5-7-12(15)9-11/h3,5-7,9H,1,4,8,10H2,2H3/b16-13+. The van der Waals surface area contributed by atoms with Gasteiger partial charge in [0, 0.05) is 10.6 Å². The molecule has 0 aromatic heterocycles. The lowest BCUT2D eigenvalue weighted by atomic mass is 10.1. The van der Waals surface area contributed by atoms with Crippen LogP contribution in [0, 0.1) is 0 Å². The Balaban J connectivity index is 2.88. The number of carbonyl (C=O) groups is 1. The smallest absolute Gasteiger partial charge is 0.312 e. The summed E-state index contributed by atoms with van der Waals surface area (Å²) in [6.45, 7) is 5.88.